The number of nitrogens with two attached hydrogens (primary N) is 1. The Morgan fingerprint density at radius 2 is 2.64 bits per heavy atom. The summed E-state index contributed by atoms with van der Waals surface area (Å²) in [5.74, 6) is 0.982. The van der Waals surface area contributed by atoms with Crippen LogP contribution in [0.4, 0.5) is 0 Å². The average molecular weight is 150 g/mol. The molecule has 2 atom stereocenters. The van der Waals surface area contributed by atoms with Crippen molar-refractivity contribution in [1.82, 2.24) is 9.97 Å². The van der Waals surface area contributed by atoms with Crippen molar-refractivity contribution in [2.75, 3.05) is 0 Å². The number of nitrogens with zero attached hydrogens (tertiary/aromatic N) is 1. The van der Waals surface area contributed by atoms with Crippen LogP contribution in [0.25, 0.3) is 0 Å². The highest BCUT2D eigenvalue weighted by molar-refractivity contribution is 5.83. The van der Waals surface area contributed by atoms with Gasteiger partial charge < -0.3 is 10.7 Å². The number of hydrogen-bond acceptors (Lipinski definition) is 2. The summed E-state index contributed by atoms with van der Waals surface area (Å²) in [6.07, 6.45) is 4.45. The standard InChI is InChI=1S/C7H10N4/c8-7(9)5-1-4(5)6-2-10-3-11-6/h2-5H,1H2,(H3,8,9)(H,10,11). The second-order valence-corrected chi connectivity index (χ2v) is 2.91. The topological polar surface area (TPSA) is 78.6 Å². The quantitative estimate of drug-likeness (QED) is 0.422. The summed E-state index contributed by atoms with van der Waals surface area (Å²) in [5.41, 5.74) is 6.45. The molecule has 1 saturated carbocycles. The number of rotatable bonds is 2. The number of imidazole rings is 1. The predicted molar refractivity (Wildman–Crippen MR) is 41.3 cm³/mol. The van der Waals surface area contributed by atoms with E-state index >= 15 is 0 Å². The molecular formula is C7H10N4. The molecule has 58 valence electrons. The lowest BCUT2D eigenvalue weighted by atomic mass is 10.2. The van der Waals surface area contributed by atoms with Crippen molar-refractivity contribution in [2.45, 2.75) is 12.3 Å². The van der Waals surface area contributed by atoms with E-state index in [0.29, 0.717) is 11.8 Å². The van der Waals surface area contributed by atoms with Gasteiger partial charge in [0.15, 0.2) is 0 Å². The third-order valence-corrected chi connectivity index (χ3v) is 2.11. The van der Waals surface area contributed by atoms with Crippen LogP contribution in [0, 0.1) is 11.3 Å². The lowest BCUT2D eigenvalue weighted by Crippen LogP contribution is -2.12. The van der Waals surface area contributed by atoms with Crippen molar-refractivity contribution in [3.05, 3.63) is 18.2 Å². The monoisotopic (exact) mass is 150 g/mol. The fourth-order valence-corrected chi connectivity index (χ4v) is 1.35. The van der Waals surface area contributed by atoms with E-state index in [1.165, 1.54) is 0 Å². The van der Waals surface area contributed by atoms with Gasteiger partial charge in [0.25, 0.3) is 0 Å². The van der Waals surface area contributed by atoms with Crippen LogP contribution < -0.4 is 5.73 Å². The van der Waals surface area contributed by atoms with Gasteiger partial charge in [0.05, 0.1) is 12.2 Å². The molecule has 4 heteroatoms. The normalized spacial score (nSPS) is 28.4. The van der Waals surface area contributed by atoms with E-state index in [1.54, 1.807) is 12.5 Å². The molecule has 1 aliphatic rings. The van der Waals surface area contributed by atoms with Crippen molar-refractivity contribution in [1.29, 1.82) is 5.41 Å². The Kier molecular flexibility index (Phi) is 1.21. The van der Waals surface area contributed by atoms with Gasteiger partial charge in [-0.05, 0) is 6.42 Å². The zero-order valence-corrected chi connectivity index (χ0v) is 6.04. The van der Waals surface area contributed by atoms with Crippen LogP contribution in [0.15, 0.2) is 12.5 Å². The molecule has 4 nitrogen and oxygen atoms in total. The van der Waals surface area contributed by atoms with Crippen LogP contribution in [0.2, 0.25) is 0 Å². The number of H-pyrrole nitrogens is 1. The molecule has 0 spiro atoms. The first-order chi connectivity index (χ1) is 5.29. The SMILES string of the molecule is N=C(N)C1CC1c1cnc[nH]1. The number of aromatic nitrogens is 2. The second kappa shape index (κ2) is 2.08. The largest absolute Gasteiger partial charge is 0.387 e. The summed E-state index contributed by atoms with van der Waals surface area (Å²) >= 11 is 0. The summed E-state index contributed by atoms with van der Waals surface area (Å²) in [6.45, 7) is 0. The van der Waals surface area contributed by atoms with Gasteiger partial charge in [0.2, 0.25) is 0 Å². The van der Waals surface area contributed by atoms with Crippen LogP contribution in [0.3, 0.4) is 0 Å². The van der Waals surface area contributed by atoms with Crippen LogP contribution >= 0.6 is 0 Å². The van der Waals surface area contributed by atoms with Gasteiger partial charge in [0.1, 0.15) is 0 Å². The number of aromatic amines is 1. The molecule has 11 heavy (non-hydrogen) atoms. The third kappa shape index (κ3) is 1.00. The van der Waals surface area contributed by atoms with Gasteiger partial charge in [-0.25, -0.2) is 4.98 Å². The van der Waals surface area contributed by atoms with Crippen molar-refractivity contribution < 1.29 is 0 Å². The minimum absolute atomic E-state index is 0.260. The molecule has 1 fully saturated rings. The maximum absolute atomic E-state index is 7.19. The van der Waals surface area contributed by atoms with Crippen LogP contribution in [0.1, 0.15) is 18.0 Å². The summed E-state index contributed by atoms with van der Waals surface area (Å²) in [7, 11) is 0. The highest BCUT2D eigenvalue weighted by Gasteiger charge is 2.41. The molecule has 0 bridgehead atoms. The zero-order chi connectivity index (χ0) is 7.84. The molecule has 0 saturated heterocycles. The summed E-state index contributed by atoms with van der Waals surface area (Å²) < 4.78 is 0. The molecule has 1 aliphatic carbocycles. The molecule has 0 radical (unpaired) electrons. The first-order valence-electron chi connectivity index (χ1n) is 3.61. The van der Waals surface area contributed by atoms with Gasteiger partial charge >= 0.3 is 0 Å². The Bertz CT molecular complexity index is 264. The van der Waals surface area contributed by atoms with Gasteiger partial charge in [-0.1, -0.05) is 0 Å². The molecular weight excluding hydrogens is 140 g/mol. The van der Waals surface area contributed by atoms with Crippen molar-refractivity contribution >= 4 is 5.84 Å². The van der Waals surface area contributed by atoms with Gasteiger partial charge in [0, 0.05) is 23.7 Å². The predicted octanol–water partition coefficient (Wildman–Crippen LogP) is 0.449. The summed E-state index contributed by atoms with van der Waals surface area (Å²) in [5, 5.41) is 7.19. The first kappa shape index (κ1) is 6.39. The van der Waals surface area contributed by atoms with Crippen LogP contribution in [-0.2, 0) is 0 Å². The molecule has 2 unspecified atom stereocenters. The maximum Gasteiger partial charge on any atom is 0.0943 e. The van der Waals surface area contributed by atoms with Crippen LogP contribution in [0.5, 0.6) is 0 Å². The summed E-state index contributed by atoms with van der Waals surface area (Å²) in [4.78, 5) is 6.93. The van der Waals surface area contributed by atoms with E-state index in [9.17, 15) is 0 Å². The Morgan fingerprint density at radius 3 is 3.09 bits per heavy atom. The fourth-order valence-electron chi connectivity index (χ4n) is 1.35. The number of nitrogens with one attached hydrogen (secondary N) is 2. The van der Waals surface area contributed by atoms with Crippen molar-refractivity contribution in [2.24, 2.45) is 11.7 Å². The van der Waals surface area contributed by atoms with E-state index in [2.05, 4.69) is 9.97 Å². The van der Waals surface area contributed by atoms with Crippen molar-refractivity contribution in [3.8, 4) is 0 Å². The molecule has 0 aliphatic heterocycles. The molecule has 1 aromatic rings. The highest BCUT2D eigenvalue weighted by Crippen LogP contribution is 2.46. The second-order valence-electron chi connectivity index (χ2n) is 2.91. The summed E-state index contributed by atoms with van der Waals surface area (Å²) in [6, 6.07) is 0. The number of hydrogen-bond donors (Lipinski definition) is 3. The molecule has 1 aromatic heterocycles. The highest BCUT2D eigenvalue weighted by atomic mass is 14.9. The van der Waals surface area contributed by atoms with Crippen molar-refractivity contribution in [3.63, 3.8) is 0 Å². The van der Waals surface area contributed by atoms with Crippen LogP contribution in [-0.4, -0.2) is 15.8 Å². The molecule has 0 amide bonds. The maximum atomic E-state index is 7.19. The molecule has 0 aromatic carbocycles. The lowest BCUT2D eigenvalue weighted by Gasteiger charge is -1.92. The van der Waals surface area contributed by atoms with E-state index in [4.69, 9.17) is 11.1 Å². The minimum Gasteiger partial charge on any atom is -0.387 e. The van der Waals surface area contributed by atoms with E-state index in [1.807, 2.05) is 0 Å². The fraction of sp³-hybridized carbons (Fsp3) is 0.429. The Morgan fingerprint density at radius 1 is 1.82 bits per heavy atom. The Labute approximate surface area is 64.3 Å². The molecule has 4 N–H and O–H groups in total. The van der Waals surface area contributed by atoms with E-state index in [-0.39, 0.29) is 5.92 Å². The van der Waals surface area contributed by atoms with Gasteiger partial charge in [-0.3, -0.25) is 5.41 Å². The average Bonchev–Trinajstić information content (AvgIpc) is 2.60. The molecule has 2 rings (SSSR count). The first-order valence-corrected chi connectivity index (χ1v) is 3.61. The Hall–Kier alpha value is -1.32. The third-order valence-electron chi connectivity index (χ3n) is 2.11. The Balaban J connectivity index is 2.08. The van der Waals surface area contributed by atoms with E-state index in [0.717, 1.165) is 12.1 Å². The van der Waals surface area contributed by atoms with Gasteiger partial charge in [-0.2, -0.15) is 0 Å². The zero-order valence-electron chi connectivity index (χ0n) is 6.04. The number of amidine groups is 1. The van der Waals surface area contributed by atoms with Gasteiger partial charge in [-0.15, -0.1) is 0 Å². The molecule has 1 heterocycles. The smallest absolute Gasteiger partial charge is 0.0943 e. The minimum atomic E-state index is 0.260. The van der Waals surface area contributed by atoms with E-state index < -0.39 is 0 Å². The lowest BCUT2D eigenvalue weighted by molar-refractivity contribution is 0.984.